The van der Waals surface area contributed by atoms with Crippen LogP contribution in [0, 0.1) is 5.82 Å². The van der Waals surface area contributed by atoms with Gasteiger partial charge in [0.1, 0.15) is 5.82 Å². The van der Waals surface area contributed by atoms with Gasteiger partial charge in [0, 0.05) is 32.7 Å². The molecular formula is C15H22FN3O. The van der Waals surface area contributed by atoms with Crippen molar-refractivity contribution in [3.05, 3.63) is 35.6 Å². The summed E-state index contributed by atoms with van der Waals surface area (Å²) in [4.78, 5) is 4.15. The second-order valence-corrected chi connectivity index (χ2v) is 5.11. The number of guanidine groups is 1. The Balaban J connectivity index is 1.91. The van der Waals surface area contributed by atoms with Crippen molar-refractivity contribution in [1.82, 2.24) is 10.6 Å². The van der Waals surface area contributed by atoms with Gasteiger partial charge in [-0.1, -0.05) is 18.2 Å². The van der Waals surface area contributed by atoms with Crippen molar-refractivity contribution in [3.63, 3.8) is 0 Å². The quantitative estimate of drug-likeness (QED) is 0.473. The van der Waals surface area contributed by atoms with E-state index in [2.05, 4.69) is 15.6 Å². The van der Waals surface area contributed by atoms with Gasteiger partial charge >= 0.3 is 0 Å². The fraction of sp³-hybridized carbons (Fsp3) is 0.533. The normalized spacial score (nSPS) is 16.9. The van der Waals surface area contributed by atoms with Crippen LogP contribution in [-0.4, -0.2) is 39.8 Å². The number of nitrogens with zero attached hydrogens (tertiary/aromatic N) is 1. The van der Waals surface area contributed by atoms with Crippen LogP contribution >= 0.6 is 0 Å². The molecular weight excluding hydrogens is 257 g/mol. The summed E-state index contributed by atoms with van der Waals surface area (Å²) in [5.41, 5.74) is 0.726. The zero-order chi connectivity index (χ0) is 14.4. The van der Waals surface area contributed by atoms with Gasteiger partial charge in [-0.05, 0) is 24.5 Å². The monoisotopic (exact) mass is 279 g/mol. The van der Waals surface area contributed by atoms with E-state index in [0.29, 0.717) is 19.7 Å². The lowest BCUT2D eigenvalue weighted by Gasteiger charge is -2.19. The minimum atomic E-state index is -0.117. The number of rotatable bonds is 6. The lowest BCUT2D eigenvalue weighted by Crippen LogP contribution is -2.42. The Morgan fingerprint density at radius 2 is 2.10 bits per heavy atom. The standard InChI is InChI=1S/C15H22FN3O/c1-17-14(18-9-10-20-2)19-11-15(7-8-15)12-5-3-4-6-13(12)16/h3-6H,7-11H2,1-2H3,(H2,17,18,19). The molecule has 0 bridgehead atoms. The molecule has 2 N–H and O–H groups in total. The summed E-state index contributed by atoms with van der Waals surface area (Å²) in [6, 6.07) is 7.03. The summed E-state index contributed by atoms with van der Waals surface area (Å²) in [6.07, 6.45) is 2.02. The molecule has 1 aliphatic carbocycles. The van der Waals surface area contributed by atoms with Crippen molar-refractivity contribution in [1.29, 1.82) is 0 Å². The highest BCUT2D eigenvalue weighted by Crippen LogP contribution is 2.48. The van der Waals surface area contributed by atoms with Gasteiger partial charge in [0.25, 0.3) is 0 Å². The molecule has 1 aromatic carbocycles. The smallest absolute Gasteiger partial charge is 0.191 e. The van der Waals surface area contributed by atoms with Gasteiger partial charge in [0.15, 0.2) is 5.96 Å². The van der Waals surface area contributed by atoms with Gasteiger partial charge in [-0.15, -0.1) is 0 Å². The summed E-state index contributed by atoms with van der Waals surface area (Å²) in [7, 11) is 3.39. The van der Waals surface area contributed by atoms with Gasteiger partial charge < -0.3 is 15.4 Å². The fourth-order valence-corrected chi connectivity index (χ4v) is 2.33. The van der Waals surface area contributed by atoms with Crippen molar-refractivity contribution in [2.24, 2.45) is 4.99 Å². The molecule has 0 saturated heterocycles. The van der Waals surface area contributed by atoms with Crippen molar-refractivity contribution in [3.8, 4) is 0 Å². The third kappa shape index (κ3) is 3.48. The first-order valence-electron chi connectivity index (χ1n) is 6.90. The molecule has 0 spiro atoms. The van der Waals surface area contributed by atoms with Crippen molar-refractivity contribution in [2.45, 2.75) is 18.3 Å². The lowest BCUT2D eigenvalue weighted by molar-refractivity contribution is 0.203. The number of benzene rings is 1. The molecule has 1 fully saturated rings. The summed E-state index contributed by atoms with van der Waals surface area (Å²) >= 11 is 0. The van der Waals surface area contributed by atoms with Crippen LogP contribution in [0.2, 0.25) is 0 Å². The van der Waals surface area contributed by atoms with Gasteiger partial charge in [-0.25, -0.2) is 4.39 Å². The van der Waals surface area contributed by atoms with Crippen LogP contribution in [0.1, 0.15) is 18.4 Å². The van der Waals surface area contributed by atoms with Crippen LogP contribution in [0.25, 0.3) is 0 Å². The molecule has 5 heteroatoms. The van der Waals surface area contributed by atoms with Crippen LogP contribution in [0.4, 0.5) is 4.39 Å². The predicted molar refractivity (Wildman–Crippen MR) is 78.6 cm³/mol. The molecule has 0 heterocycles. The first-order chi connectivity index (χ1) is 9.72. The summed E-state index contributed by atoms with van der Waals surface area (Å²) in [6.45, 7) is 2.02. The number of hydrogen-bond acceptors (Lipinski definition) is 2. The molecule has 0 aromatic heterocycles. The SMILES string of the molecule is CN=C(NCCOC)NCC1(c2ccccc2F)CC1. The third-order valence-electron chi connectivity index (χ3n) is 3.72. The zero-order valence-electron chi connectivity index (χ0n) is 12.1. The highest BCUT2D eigenvalue weighted by molar-refractivity contribution is 5.79. The van der Waals surface area contributed by atoms with E-state index in [4.69, 9.17) is 4.74 Å². The van der Waals surface area contributed by atoms with E-state index in [1.807, 2.05) is 12.1 Å². The van der Waals surface area contributed by atoms with Crippen LogP contribution < -0.4 is 10.6 Å². The number of nitrogens with one attached hydrogen (secondary N) is 2. The number of ether oxygens (including phenoxy) is 1. The van der Waals surface area contributed by atoms with Crippen LogP contribution in [0.5, 0.6) is 0 Å². The van der Waals surface area contributed by atoms with E-state index in [1.54, 1.807) is 20.2 Å². The Morgan fingerprint density at radius 3 is 2.70 bits per heavy atom. The van der Waals surface area contributed by atoms with Crippen molar-refractivity contribution < 1.29 is 9.13 Å². The lowest BCUT2D eigenvalue weighted by atomic mass is 9.95. The molecule has 20 heavy (non-hydrogen) atoms. The first-order valence-corrected chi connectivity index (χ1v) is 6.90. The first kappa shape index (κ1) is 14.8. The van der Waals surface area contributed by atoms with E-state index >= 15 is 0 Å². The van der Waals surface area contributed by atoms with E-state index in [-0.39, 0.29) is 11.2 Å². The minimum Gasteiger partial charge on any atom is -0.383 e. The Labute approximate surface area is 119 Å². The fourth-order valence-electron chi connectivity index (χ4n) is 2.33. The topological polar surface area (TPSA) is 45.7 Å². The Morgan fingerprint density at radius 1 is 1.35 bits per heavy atom. The number of hydrogen-bond donors (Lipinski definition) is 2. The van der Waals surface area contributed by atoms with Crippen molar-refractivity contribution >= 4 is 5.96 Å². The molecule has 2 rings (SSSR count). The van der Waals surface area contributed by atoms with Gasteiger partial charge in [0.05, 0.1) is 6.61 Å². The summed E-state index contributed by atoms with van der Waals surface area (Å²) < 4.78 is 18.9. The Kier molecular flexibility index (Phi) is 4.95. The molecule has 1 saturated carbocycles. The minimum absolute atomic E-state index is 0.0791. The summed E-state index contributed by atoms with van der Waals surface area (Å²) in [5.74, 6) is 0.610. The molecule has 0 atom stereocenters. The maximum Gasteiger partial charge on any atom is 0.191 e. The van der Waals surface area contributed by atoms with E-state index in [1.165, 1.54) is 6.07 Å². The molecule has 0 amide bonds. The number of halogens is 1. The average molecular weight is 279 g/mol. The Bertz CT molecular complexity index is 472. The molecule has 1 aliphatic rings. The van der Waals surface area contributed by atoms with E-state index in [0.717, 1.165) is 24.4 Å². The predicted octanol–water partition coefficient (Wildman–Crippen LogP) is 1.67. The van der Waals surface area contributed by atoms with E-state index < -0.39 is 0 Å². The molecule has 0 unspecified atom stereocenters. The maximum absolute atomic E-state index is 13.9. The van der Waals surface area contributed by atoms with Crippen LogP contribution in [0.3, 0.4) is 0 Å². The summed E-state index contributed by atoms with van der Waals surface area (Å²) in [5, 5.41) is 6.43. The largest absolute Gasteiger partial charge is 0.383 e. The Hall–Kier alpha value is -1.62. The molecule has 4 nitrogen and oxygen atoms in total. The van der Waals surface area contributed by atoms with Gasteiger partial charge in [-0.3, -0.25) is 4.99 Å². The molecule has 1 aromatic rings. The maximum atomic E-state index is 13.9. The van der Waals surface area contributed by atoms with Gasteiger partial charge in [0.2, 0.25) is 0 Å². The zero-order valence-corrected chi connectivity index (χ0v) is 12.1. The second kappa shape index (κ2) is 6.70. The number of aliphatic imine (C=N–C) groups is 1. The van der Waals surface area contributed by atoms with Crippen molar-refractivity contribution in [2.75, 3.05) is 33.9 Å². The van der Waals surface area contributed by atoms with Crippen LogP contribution in [-0.2, 0) is 10.2 Å². The van der Waals surface area contributed by atoms with Crippen LogP contribution in [0.15, 0.2) is 29.3 Å². The molecule has 110 valence electrons. The third-order valence-corrected chi connectivity index (χ3v) is 3.72. The number of methoxy groups -OCH3 is 1. The molecule has 0 radical (unpaired) electrons. The molecule has 0 aliphatic heterocycles. The average Bonchev–Trinajstić information content (AvgIpc) is 3.24. The van der Waals surface area contributed by atoms with E-state index in [9.17, 15) is 4.39 Å². The highest BCUT2D eigenvalue weighted by Gasteiger charge is 2.45. The second-order valence-electron chi connectivity index (χ2n) is 5.11. The van der Waals surface area contributed by atoms with Gasteiger partial charge in [-0.2, -0.15) is 0 Å². The highest BCUT2D eigenvalue weighted by atomic mass is 19.1.